The molecule has 21 heavy (non-hydrogen) atoms. The van der Waals surface area contributed by atoms with Gasteiger partial charge in [-0.1, -0.05) is 0 Å². The highest BCUT2D eigenvalue weighted by Gasteiger charge is 2.28. The molecule has 1 aromatic carbocycles. The van der Waals surface area contributed by atoms with E-state index in [2.05, 4.69) is 0 Å². The molecule has 0 saturated heterocycles. The molecule has 0 aliphatic rings. The van der Waals surface area contributed by atoms with Crippen molar-refractivity contribution in [1.29, 1.82) is 0 Å². The summed E-state index contributed by atoms with van der Waals surface area (Å²) in [6.07, 6.45) is 0. The van der Waals surface area contributed by atoms with Gasteiger partial charge in [-0.25, -0.2) is 8.42 Å². The van der Waals surface area contributed by atoms with Crippen molar-refractivity contribution in [2.45, 2.75) is 11.8 Å². The fourth-order valence-electron chi connectivity index (χ4n) is 1.83. The van der Waals surface area contributed by atoms with Crippen molar-refractivity contribution in [3.05, 3.63) is 17.7 Å². The number of aliphatic hydroxyl groups excluding tert-OH is 1. The summed E-state index contributed by atoms with van der Waals surface area (Å²) < 4.78 is 36.6. The number of nitrogens with two attached hydrogens (primary N) is 1. The lowest BCUT2D eigenvalue weighted by Gasteiger charge is -2.22. The van der Waals surface area contributed by atoms with Crippen molar-refractivity contribution in [1.82, 2.24) is 4.31 Å². The van der Waals surface area contributed by atoms with Crippen LogP contribution in [0.1, 0.15) is 5.56 Å². The summed E-state index contributed by atoms with van der Waals surface area (Å²) in [5.41, 5.74) is 6.90. The number of aliphatic hydroxyl groups is 1. The zero-order valence-electron chi connectivity index (χ0n) is 12.5. The Bertz CT molecular complexity index is 574. The van der Waals surface area contributed by atoms with Gasteiger partial charge >= 0.3 is 0 Å². The third-order valence-electron chi connectivity index (χ3n) is 3.06. The van der Waals surface area contributed by atoms with Gasteiger partial charge in [0.2, 0.25) is 10.0 Å². The summed E-state index contributed by atoms with van der Waals surface area (Å²) in [5, 5.41) is 9.07. The number of hydrogen-bond donors (Lipinski definition) is 2. The summed E-state index contributed by atoms with van der Waals surface area (Å²) in [6.45, 7) is 1.82. The lowest BCUT2D eigenvalue weighted by atomic mass is 10.2. The number of benzene rings is 1. The summed E-state index contributed by atoms with van der Waals surface area (Å²) in [7, 11) is -0.950. The van der Waals surface area contributed by atoms with E-state index in [-0.39, 0.29) is 36.9 Å². The SMILES string of the molecule is COCCN(CCO)S(=O)(=O)c1cc(N)c(C)cc1OC. The van der Waals surface area contributed by atoms with Crippen LogP contribution in [-0.2, 0) is 14.8 Å². The second kappa shape index (κ2) is 7.60. The number of ether oxygens (including phenoxy) is 2. The molecule has 0 fully saturated rings. The molecule has 0 aliphatic heterocycles. The maximum absolute atomic E-state index is 12.7. The maximum Gasteiger partial charge on any atom is 0.246 e. The average molecular weight is 318 g/mol. The van der Waals surface area contributed by atoms with E-state index in [1.165, 1.54) is 20.3 Å². The van der Waals surface area contributed by atoms with E-state index in [0.29, 0.717) is 5.69 Å². The minimum atomic E-state index is -3.83. The Morgan fingerprint density at radius 1 is 1.29 bits per heavy atom. The monoisotopic (exact) mass is 318 g/mol. The third-order valence-corrected chi connectivity index (χ3v) is 4.98. The van der Waals surface area contributed by atoms with Crippen LogP contribution in [0, 0.1) is 6.92 Å². The molecular weight excluding hydrogens is 296 g/mol. The van der Waals surface area contributed by atoms with Gasteiger partial charge in [0.1, 0.15) is 10.6 Å². The second-order valence-corrected chi connectivity index (χ2v) is 6.39. The van der Waals surface area contributed by atoms with Crippen LogP contribution in [0.25, 0.3) is 0 Å². The Morgan fingerprint density at radius 3 is 2.48 bits per heavy atom. The molecule has 0 saturated carbocycles. The molecule has 0 radical (unpaired) electrons. The maximum atomic E-state index is 12.7. The standard InChI is InChI=1S/C13H22N2O5S/c1-10-8-12(20-3)13(9-11(10)14)21(17,18)15(4-6-16)5-7-19-2/h8-9,16H,4-7,14H2,1-3H3. The van der Waals surface area contributed by atoms with Crippen LogP contribution in [0.4, 0.5) is 5.69 Å². The first-order valence-electron chi connectivity index (χ1n) is 6.42. The van der Waals surface area contributed by atoms with Crippen LogP contribution in [0.15, 0.2) is 17.0 Å². The second-order valence-electron chi connectivity index (χ2n) is 4.48. The Labute approximate surface area is 125 Å². The zero-order valence-corrected chi connectivity index (χ0v) is 13.3. The number of nitrogen functional groups attached to an aromatic ring is 1. The van der Waals surface area contributed by atoms with E-state index in [1.807, 2.05) is 0 Å². The molecule has 0 atom stereocenters. The molecule has 0 bridgehead atoms. The van der Waals surface area contributed by atoms with Crippen molar-refractivity contribution < 1.29 is 23.0 Å². The summed E-state index contributed by atoms with van der Waals surface area (Å²) in [4.78, 5) is -0.0161. The van der Waals surface area contributed by atoms with Crippen LogP contribution in [0.5, 0.6) is 5.75 Å². The van der Waals surface area contributed by atoms with Crippen LogP contribution in [0.3, 0.4) is 0 Å². The van der Waals surface area contributed by atoms with E-state index in [4.69, 9.17) is 20.3 Å². The number of nitrogens with zero attached hydrogens (tertiary/aromatic N) is 1. The highest BCUT2D eigenvalue weighted by Crippen LogP contribution is 2.31. The van der Waals surface area contributed by atoms with Crippen LogP contribution < -0.4 is 10.5 Å². The quantitative estimate of drug-likeness (QED) is 0.665. The molecule has 0 spiro atoms. The Hall–Kier alpha value is -1.35. The first-order valence-corrected chi connectivity index (χ1v) is 7.86. The Morgan fingerprint density at radius 2 is 1.95 bits per heavy atom. The van der Waals surface area contributed by atoms with Gasteiger partial charge in [0.05, 0.1) is 20.3 Å². The molecule has 1 aromatic rings. The molecule has 3 N–H and O–H groups in total. The van der Waals surface area contributed by atoms with E-state index < -0.39 is 10.0 Å². The van der Waals surface area contributed by atoms with Gasteiger partial charge in [0.25, 0.3) is 0 Å². The minimum absolute atomic E-state index is 0.0161. The van der Waals surface area contributed by atoms with E-state index >= 15 is 0 Å². The fraction of sp³-hybridized carbons (Fsp3) is 0.538. The molecule has 0 unspecified atom stereocenters. The van der Waals surface area contributed by atoms with Gasteiger partial charge in [0.15, 0.2) is 0 Å². The Kier molecular flexibility index (Phi) is 6.41. The van der Waals surface area contributed by atoms with Crippen molar-refractivity contribution in [3.63, 3.8) is 0 Å². The summed E-state index contributed by atoms with van der Waals surface area (Å²) in [5.74, 6) is 0.224. The predicted octanol–water partition coefficient (Wildman–Crippen LogP) is 0.215. The lowest BCUT2D eigenvalue weighted by molar-refractivity contribution is 0.168. The summed E-state index contributed by atoms with van der Waals surface area (Å²) in [6, 6.07) is 2.95. The van der Waals surface area contributed by atoms with Gasteiger partial charge in [-0.2, -0.15) is 4.31 Å². The number of hydrogen-bond acceptors (Lipinski definition) is 6. The van der Waals surface area contributed by atoms with Gasteiger partial charge in [0, 0.05) is 25.9 Å². The first kappa shape index (κ1) is 17.7. The highest BCUT2D eigenvalue weighted by atomic mass is 32.2. The lowest BCUT2D eigenvalue weighted by Crippen LogP contribution is -2.36. The first-order chi connectivity index (χ1) is 9.88. The number of sulfonamides is 1. The van der Waals surface area contributed by atoms with Crippen molar-refractivity contribution >= 4 is 15.7 Å². The molecule has 1 rings (SSSR count). The molecule has 7 nitrogen and oxygen atoms in total. The molecule has 0 aliphatic carbocycles. The van der Waals surface area contributed by atoms with Gasteiger partial charge in [-0.15, -0.1) is 0 Å². The van der Waals surface area contributed by atoms with E-state index in [1.54, 1.807) is 13.0 Å². The van der Waals surface area contributed by atoms with E-state index in [0.717, 1.165) is 9.87 Å². The van der Waals surface area contributed by atoms with Gasteiger partial charge in [-0.3, -0.25) is 0 Å². The minimum Gasteiger partial charge on any atom is -0.495 e. The highest BCUT2D eigenvalue weighted by molar-refractivity contribution is 7.89. The summed E-state index contributed by atoms with van der Waals surface area (Å²) >= 11 is 0. The van der Waals surface area contributed by atoms with Crippen molar-refractivity contribution in [2.75, 3.05) is 46.3 Å². The predicted molar refractivity (Wildman–Crippen MR) is 79.9 cm³/mol. The van der Waals surface area contributed by atoms with Crippen molar-refractivity contribution in [2.24, 2.45) is 0 Å². The number of rotatable bonds is 8. The molecule has 8 heteroatoms. The molecule has 120 valence electrons. The zero-order chi connectivity index (χ0) is 16.0. The van der Waals surface area contributed by atoms with Crippen LogP contribution >= 0.6 is 0 Å². The molecule has 0 amide bonds. The molecular formula is C13H22N2O5S. The number of anilines is 1. The largest absolute Gasteiger partial charge is 0.495 e. The molecule has 0 heterocycles. The fourth-order valence-corrected chi connectivity index (χ4v) is 3.42. The smallest absolute Gasteiger partial charge is 0.246 e. The number of aryl methyl sites for hydroxylation is 1. The van der Waals surface area contributed by atoms with Gasteiger partial charge in [-0.05, 0) is 24.6 Å². The van der Waals surface area contributed by atoms with Crippen molar-refractivity contribution in [3.8, 4) is 5.75 Å². The topological polar surface area (TPSA) is 102 Å². The number of methoxy groups -OCH3 is 2. The average Bonchev–Trinajstić information content (AvgIpc) is 2.45. The van der Waals surface area contributed by atoms with Gasteiger partial charge < -0.3 is 20.3 Å². The normalized spacial score (nSPS) is 11.9. The van der Waals surface area contributed by atoms with E-state index in [9.17, 15) is 8.42 Å². The Balaban J connectivity index is 3.29. The third kappa shape index (κ3) is 4.07. The molecule has 0 aromatic heterocycles. The van der Waals surface area contributed by atoms with Crippen LogP contribution in [0.2, 0.25) is 0 Å². The van der Waals surface area contributed by atoms with Crippen LogP contribution in [-0.4, -0.2) is 58.4 Å².